The van der Waals surface area contributed by atoms with Crippen LogP contribution in [0.2, 0.25) is 0 Å². The van der Waals surface area contributed by atoms with Crippen molar-refractivity contribution >= 4 is 79.7 Å². The smallest absolute Gasteiger partial charge is 0.345 e. The van der Waals surface area contributed by atoms with Crippen molar-refractivity contribution in [2.24, 2.45) is 0 Å². The second-order valence-electron chi connectivity index (χ2n) is 4.40. The van der Waals surface area contributed by atoms with Crippen molar-refractivity contribution in [1.29, 1.82) is 0 Å². The van der Waals surface area contributed by atoms with Gasteiger partial charge in [0.2, 0.25) is 11.6 Å². The highest BCUT2D eigenvalue weighted by atomic mass is 127. The van der Waals surface area contributed by atoms with Crippen LogP contribution in [0.3, 0.4) is 0 Å². The number of hydrogen-bond donors (Lipinski definition) is 1. The minimum atomic E-state index is -2.31. The molecule has 25 heavy (non-hydrogen) atoms. The number of carboxylic acid groups (broad SMARTS) is 1. The van der Waals surface area contributed by atoms with Crippen molar-refractivity contribution in [3.05, 3.63) is 57.2 Å². The maximum absolute atomic E-state index is 13.9. The van der Waals surface area contributed by atoms with Gasteiger partial charge >= 0.3 is 11.9 Å². The summed E-state index contributed by atoms with van der Waals surface area (Å²) in [4.78, 5) is 23.3. The van der Waals surface area contributed by atoms with E-state index in [0.29, 0.717) is 7.14 Å². The van der Waals surface area contributed by atoms with E-state index in [1.807, 2.05) is 22.6 Å². The molecule has 0 aliphatic rings. The zero-order valence-corrected chi connectivity index (χ0v) is 17.9. The molecule has 1 N–H and O–H groups in total. The van der Waals surface area contributed by atoms with Crippen LogP contribution < -0.4 is 4.74 Å². The predicted molar refractivity (Wildman–Crippen MR) is 103 cm³/mol. The monoisotopic (exact) mass is 692 g/mol. The van der Waals surface area contributed by atoms with Crippen molar-refractivity contribution in [1.82, 2.24) is 0 Å². The van der Waals surface area contributed by atoms with Gasteiger partial charge in [0.15, 0.2) is 17.4 Å². The lowest BCUT2D eigenvalue weighted by Crippen LogP contribution is -2.18. The number of aromatic carboxylic acids is 1. The summed E-state index contributed by atoms with van der Waals surface area (Å²) in [5, 5.41) is 8.92. The summed E-state index contributed by atoms with van der Waals surface area (Å²) in [7, 11) is 0. The third-order valence-corrected chi connectivity index (χ3v) is 5.17. The van der Waals surface area contributed by atoms with Gasteiger partial charge in [-0.05, 0) is 79.9 Å². The first-order valence-electron chi connectivity index (χ1n) is 6.02. The summed E-state index contributed by atoms with van der Waals surface area (Å²) in [6.07, 6.45) is 0. The van der Waals surface area contributed by atoms with Crippen molar-refractivity contribution in [3.63, 3.8) is 0 Å². The molecule has 0 saturated carbocycles. The molecular weight excluding hydrogens is 689 g/mol. The number of carbonyl (C=O) groups excluding carboxylic acids is 1. The minimum Gasteiger partial charge on any atom is -0.477 e. The number of ether oxygens (including phenoxy) is 1. The standard InChI is InChI=1S/C14H3F4I3O4/c15-8-7(13(22)23)12(11(18)10(17)9(8)16)25-14(24)6-4(20)1-3(19)2-5(6)21/h1-2H,(H,22,23). The highest BCUT2D eigenvalue weighted by molar-refractivity contribution is 14.1. The largest absolute Gasteiger partial charge is 0.477 e. The van der Waals surface area contributed by atoms with Gasteiger partial charge in [-0.3, -0.25) is 0 Å². The summed E-state index contributed by atoms with van der Waals surface area (Å²) in [5.41, 5.74) is -1.66. The van der Waals surface area contributed by atoms with E-state index >= 15 is 0 Å². The lowest BCUT2D eigenvalue weighted by atomic mass is 10.1. The molecule has 0 fully saturated rings. The topological polar surface area (TPSA) is 63.6 Å². The lowest BCUT2D eigenvalue weighted by molar-refractivity contribution is 0.0668. The average Bonchev–Trinajstić information content (AvgIpc) is 2.49. The summed E-state index contributed by atoms with van der Waals surface area (Å²) in [5.74, 6) is -13.8. The van der Waals surface area contributed by atoms with Gasteiger partial charge in [0.25, 0.3) is 0 Å². The van der Waals surface area contributed by atoms with Crippen LogP contribution >= 0.6 is 67.8 Å². The number of benzene rings is 2. The van der Waals surface area contributed by atoms with Crippen LogP contribution in [0.4, 0.5) is 17.6 Å². The van der Waals surface area contributed by atoms with Gasteiger partial charge in [-0.15, -0.1) is 0 Å². The van der Waals surface area contributed by atoms with E-state index in [-0.39, 0.29) is 5.56 Å². The fraction of sp³-hybridized carbons (Fsp3) is 0. The number of halogens is 7. The van der Waals surface area contributed by atoms with Crippen molar-refractivity contribution in [2.45, 2.75) is 0 Å². The Morgan fingerprint density at radius 2 is 1.32 bits per heavy atom. The first-order valence-corrected chi connectivity index (χ1v) is 9.25. The summed E-state index contributed by atoms with van der Waals surface area (Å²) >= 11 is 5.57. The molecular formula is C14H3F4I3O4. The maximum atomic E-state index is 13.9. The number of carbonyl (C=O) groups is 2. The van der Waals surface area contributed by atoms with Gasteiger partial charge in [0.1, 0.15) is 5.56 Å². The van der Waals surface area contributed by atoms with E-state index in [9.17, 15) is 27.2 Å². The Balaban J connectivity index is 2.62. The van der Waals surface area contributed by atoms with Crippen LogP contribution in [-0.4, -0.2) is 17.0 Å². The van der Waals surface area contributed by atoms with Gasteiger partial charge in [0.05, 0.1) is 5.56 Å². The Bertz CT molecular complexity index is 895. The molecule has 0 heterocycles. The van der Waals surface area contributed by atoms with Crippen molar-refractivity contribution in [2.75, 3.05) is 0 Å². The number of hydrogen-bond acceptors (Lipinski definition) is 3. The van der Waals surface area contributed by atoms with Gasteiger partial charge in [0, 0.05) is 10.7 Å². The Labute approximate surface area is 178 Å². The van der Waals surface area contributed by atoms with Gasteiger partial charge in [-0.2, -0.15) is 4.39 Å². The Morgan fingerprint density at radius 1 is 0.840 bits per heavy atom. The molecule has 4 nitrogen and oxygen atoms in total. The average molecular weight is 692 g/mol. The first kappa shape index (κ1) is 20.6. The quantitative estimate of drug-likeness (QED) is 0.123. The predicted octanol–water partition coefficient (Wildman–Crippen LogP) is 4.97. The summed E-state index contributed by atoms with van der Waals surface area (Å²) < 4.78 is 60.3. The highest BCUT2D eigenvalue weighted by Gasteiger charge is 2.32. The number of esters is 1. The molecule has 0 spiro atoms. The Morgan fingerprint density at radius 3 is 1.80 bits per heavy atom. The van der Waals surface area contributed by atoms with Crippen LogP contribution in [0.1, 0.15) is 20.7 Å². The third-order valence-electron chi connectivity index (χ3n) is 2.84. The fourth-order valence-corrected chi connectivity index (χ4v) is 5.80. The van der Waals surface area contributed by atoms with Gasteiger partial charge in [-0.1, -0.05) is 0 Å². The summed E-state index contributed by atoms with van der Waals surface area (Å²) in [6.45, 7) is 0. The van der Waals surface area contributed by atoms with Gasteiger partial charge < -0.3 is 9.84 Å². The normalized spacial score (nSPS) is 10.7. The minimum absolute atomic E-state index is 0.0532. The molecule has 0 atom stereocenters. The van der Waals surface area contributed by atoms with E-state index in [4.69, 9.17) is 5.11 Å². The van der Waals surface area contributed by atoms with E-state index in [1.54, 1.807) is 57.3 Å². The number of carboxylic acids is 1. The molecule has 11 heteroatoms. The third kappa shape index (κ3) is 4.01. The van der Waals surface area contributed by atoms with E-state index in [1.165, 1.54) is 0 Å². The van der Waals surface area contributed by atoms with Crippen molar-refractivity contribution in [3.8, 4) is 5.75 Å². The lowest BCUT2D eigenvalue weighted by Gasteiger charge is -2.12. The second kappa shape index (κ2) is 7.89. The van der Waals surface area contributed by atoms with Crippen LogP contribution in [0.15, 0.2) is 12.1 Å². The highest BCUT2D eigenvalue weighted by Crippen LogP contribution is 2.32. The van der Waals surface area contributed by atoms with Crippen LogP contribution in [0.25, 0.3) is 0 Å². The maximum Gasteiger partial charge on any atom is 0.345 e. The molecule has 2 rings (SSSR count). The molecule has 0 bridgehead atoms. The first-order chi connectivity index (χ1) is 11.6. The Hall–Kier alpha value is -0.710. The number of rotatable bonds is 3. The van der Waals surface area contributed by atoms with E-state index in [2.05, 4.69) is 4.74 Å². The zero-order chi connectivity index (χ0) is 19.0. The molecule has 0 radical (unpaired) electrons. The zero-order valence-electron chi connectivity index (χ0n) is 11.5. The van der Waals surface area contributed by atoms with Crippen LogP contribution in [0, 0.1) is 34.0 Å². The molecule has 2 aromatic carbocycles. The molecule has 0 unspecified atom stereocenters. The van der Waals surface area contributed by atoms with Crippen LogP contribution in [0.5, 0.6) is 5.75 Å². The molecule has 0 saturated heterocycles. The summed E-state index contributed by atoms with van der Waals surface area (Å²) in [6, 6.07) is 3.17. The molecule has 132 valence electrons. The molecule has 0 aliphatic heterocycles. The Kier molecular flexibility index (Phi) is 6.50. The molecule has 0 aromatic heterocycles. The molecule has 0 aliphatic carbocycles. The second-order valence-corrected chi connectivity index (χ2v) is 7.97. The van der Waals surface area contributed by atoms with Crippen molar-refractivity contribution < 1.29 is 37.0 Å². The van der Waals surface area contributed by atoms with Gasteiger partial charge in [-0.25, -0.2) is 22.8 Å². The van der Waals surface area contributed by atoms with E-state index < -0.39 is 46.5 Å². The molecule has 0 amide bonds. The van der Waals surface area contributed by atoms with E-state index in [0.717, 1.165) is 3.57 Å². The molecule has 2 aromatic rings. The SMILES string of the molecule is O=C(Oc1c(F)c(F)c(F)c(F)c1C(=O)O)c1c(I)cc(I)cc1I. The fourth-order valence-electron chi connectivity index (χ4n) is 1.78. The van der Waals surface area contributed by atoms with Crippen LogP contribution in [-0.2, 0) is 0 Å².